The third-order valence-electron chi connectivity index (χ3n) is 2.87. The molecule has 1 rings (SSSR count). The van der Waals surface area contributed by atoms with Gasteiger partial charge in [0.25, 0.3) is 0 Å². The second kappa shape index (κ2) is 8.13. The van der Waals surface area contributed by atoms with E-state index in [2.05, 4.69) is 6.92 Å². The zero-order valence-electron chi connectivity index (χ0n) is 11.0. The first-order valence-corrected chi connectivity index (χ1v) is 6.65. The van der Waals surface area contributed by atoms with E-state index in [0.717, 1.165) is 24.3 Å². The van der Waals surface area contributed by atoms with Gasteiger partial charge in [-0.15, -0.1) is 0 Å². The van der Waals surface area contributed by atoms with E-state index in [0.29, 0.717) is 0 Å². The van der Waals surface area contributed by atoms with Gasteiger partial charge in [0, 0.05) is 5.56 Å². The van der Waals surface area contributed by atoms with Crippen molar-refractivity contribution in [3.8, 4) is 5.75 Å². The number of ether oxygens (including phenoxy) is 1. The Morgan fingerprint density at radius 2 is 1.82 bits per heavy atom. The molecular weight excluding hydrogens is 212 g/mol. The first kappa shape index (κ1) is 14.0. The number of rotatable bonds is 8. The van der Waals surface area contributed by atoms with Gasteiger partial charge in [0.05, 0.1) is 12.7 Å². The minimum absolute atomic E-state index is 0.466. The van der Waals surface area contributed by atoms with Crippen molar-refractivity contribution in [2.75, 3.05) is 6.61 Å². The number of hydrogen-bond donors (Lipinski definition) is 1. The van der Waals surface area contributed by atoms with E-state index in [9.17, 15) is 5.11 Å². The summed E-state index contributed by atoms with van der Waals surface area (Å²) in [6.07, 6.45) is 5.72. The maximum Gasteiger partial charge on any atom is 0.125 e. The number of unbranched alkanes of at least 4 members (excludes halogenated alkanes) is 4. The molecule has 0 heterocycles. The largest absolute Gasteiger partial charge is 0.493 e. The van der Waals surface area contributed by atoms with Crippen molar-refractivity contribution in [1.82, 2.24) is 0 Å². The normalized spacial score (nSPS) is 12.4. The Balaban J connectivity index is 2.31. The van der Waals surface area contributed by atoms with E-state index in [1.807, 2.05) is 24.3 Å². The number of hydrogen-bond acceptors (Lipinski definition) is 2. The Morgan fingerprint density at radius 1 is 1.12 bits per heavy atom. The fourth-order valence-corrected chi connectivity index (χ4v) is 1.84. The van der Waals surface area contributed by atoms with Crippen molar-refractivity contribution in [2.45, 2.75) is 52.1 Å². The Bertz CT molecular complexity index is 308. The van der Waals surface area contributed by atoms with E-state index in [4.69, 9.17) is 4.74 Å². The number of aliphatic hydroxyl groups excluding tert-OH is 1. The van der Waals surface area contributed by atoms with Crippen molar-refractivity contribution < 1.29 is 9.84 Å². The summed E-state index contributed by atoms with van der Waals surface area (Å²) in [5, 5.41) is 9.60. The van der Waals surface area contributed by atoms with E-state index >= 15 is 0 Å². The van der Waals surface area contributed by atoms with Gasteiger partial charge in [0.1, 0.15) is 5.75 Å². The molecule has 0 aliphatic heterocycles. The average Bonchev–Trinajstić information content (AvgIpc) is 2.34. The molecule has 0 aliphatic rings. The van der Waals surface area contributed by atoms with Gasteiger partial charge >= 0.3 is 0 Å². The molecule has 2 nitrogen and oxygen atoms in total. The molecule has 1 atom stereocenters. The average molecular weight is 236 g/mol. The van der Waals surface area contributed by atoms with Gasteiger partial charge in [-0.1, -0.05) is 50.8 Å². The molecule has 0 saturated carbocycles. The molecule has 0 radical (unpaired) electrons. The lowest BCUT2D eigenvalue weighted by atomic mass is 10.1. The highest BCUT2D eigenvalue weighted by Gasteiger charge is 2.07. The molecule has 0 aliphatic carbocycles. The summed E-state index contributed by atoms with van der Waals surface area (Å²) in [5.41, 5.74) is 0.876. The third-order valence-corrected chi connectivity index (χ3v) is 2.87. The molecule has 0 unspecified atom stereocenters. The van der Waals surface area contributed by atoms with Gasteiger partial charge in [-0.3, -0.25) is 0 Å². The van der Waals surface area contributed by atoms with Gasteiger partial charge in [0.2, 0.25) is 0 Å². The molecule has 0 fully saturated rings. The van der Waals surface area contributed by atoms with E-state index < -0.39 is 6.10 Å². The Labute approximate surface area is 105 Å². The first-order valence-electron chi connectivity index (χ1n) is 6.65. The minimum atomic E-state index is -0.466. The van der Waals surface area contributed by atoms with Crippen LogP contribution in [0.2, 0.25) is 0 Å². The molecule has 0 aromatic heterocycles. The van der Waals surface area contributed by atoms with Crippen LogP contribution in [0.3, 0.4) is 0 Å². The summed E-state index contributed by atoms with van der Waals surface area (Å²) in [6, 6.07) is 7.71. The summed E-state index contributed by atoms with van der Waals surface area (Å²) in [4.78, 5) is 0. The lowest BCUT2D eigenvalue weighted by Gasteiger charge is -2.13. The van der Waals surface area contributed by atoms with Crippen LogP contribution in [0.4, 0.5) is 0 Å². The zero-order chi connectivity index (χ0) is 12.5. The highest BCUT2D eigenvalue weighted by molar-refractivity contribution is 5.34. The van der Waals surface area contributed by atoms with Gasteiger partial charge in [-0.05, 0) is 19.4 Å². The lowest BCUT2D eigenvalue weighted by molar-refractivity contribution is 0.190. The second-order valence-electron chi connectivity index (χ2n) is 4.48. The van der Waals surface area contributed by atoms with Crippen LogP contribution in [-0.2, 0) is 0 Å². The highest BCUT2D eigenvalue weighted by Crippen LogP contribution is 2.24. The summed E-state index contributed by atoms with van der Waals surface area (Å²) >= 11 is 0. The molecule has 96 valence electrons. The van der Waals surface area contributed by atoms with Gasteiger partial charge in [-0.25, -0.2) is 0 Å². The van der Waals surface area contributed by atoms with Crippen molar-refractivity contribution in [2.24, 2.45) is 0 Å². The topological polar surface area (TPSA) is 29.5 Å². The summed E-state index contributed by atoms with van der Waals surface area (Å²) in [5.74, 6) is 0.818. The number of para-hydroxylation sites is 1. The van der Waals surface area contributed by atoms with Crippen molar-refractivity contribution >= 4 is 0 Å². The van der Waals surface area contributed by atoms with Crippen LogP contribution in [0.25, 0.3) is 0 Å². The molecule has 1 aromatic carbocycles. The molecule has 0 bridgehead atoms. The maximum absolute atomic E-state index is 9.60. The number of benzene rings is 1. The SMILES string of the molecule is CCCCCCCOc1ccccc1[C@H](C)O. The molecule has 17 heavy (non-hydrogen) atoms. The molecule has 0 saturated heterocycles. The quantitative estimate of drug-likeness (QED) is 0.689. The summed E-state index contributed by atoms with van der Waals surface area (Å²) in [6.45, 7) is 4.73. The van der Waals surface area contributed by atoms with Gasteiger partial charge in [0.15, 0.2) is 0 Å². The minimum Gasteiger partial charge on any atom is -0.493 e. The van der Waals surface area contributed by atoms with E-state index in [1.165, 1.54) is 25.7 Å². The van der Waals surface area contributed by atoms with E-state index in [-0.39, 0.29) is 0 Å². The van der Waals surface area contributed by atoms with Crippen LogP contribution in [-0.4, -0.2) is 11.7 Å². The predicted molar refractivity (Wildman–Crippen MR) is 71.3 cm³/mol. The predicted octanol–water partition coefficient (Wildman–Crippen LogP) is 4.09. The molecule has 1 aromatic rings. The fraction of sp³-hybridized carbons (Fsp3) is 0.600. The van der Waals surface area contributed by atoms with Crippen LogP contribution >= 0.6 is 0 Å². The van der Waals surface area contributed by atoms with Gasteiger partial charge in [-0.2, -0.15) is 0 Å². The van der Waals surface area contributed by atoms with Crippen molar-refractivity contribution in [3.63, 3.8) is 0 Å². The molecule has 1 N–H and O–H groups in total. The lowest BCUT2D eigenvalue weighted by Crippen LogP contribution is -2.02. The molecule has 2 heteroatoms. The Hall–Kier alpha value is -1.02. The molecule has 0 spiro atoms. The zero-order valence-corrected chi connectivity index (χ0v) is 11.0. The standard InChI is InChI=1S/C15H24O2/c1-3-4-5-6-9-12-17-15-11-8-7-10-14(15)13(2)16/h7-8,10-11,13,16H,3-6,9,12H2,1-2H3/t13-/m0/s1. The van der Waals surface area contributed by atoms with Crippen LogP contribution in [0, 0.1) is 0 Å². The smallest absolute Gasteiger partial charge is 0.125 e. The van der Waals surface area contributed by atoms with Crippen molar-refractivity contribution in [3.05, 3.63) is 29.8 Å². The third kappa shape index (κ3) is 5.22. The van der Waals surface area contributed by atoms with E-state index in [1.54, 1.807) is 6.92 Å². The first-order chi connectivity index (χ1) is 8.25. The molecule has 0 amide bonds. The fourth-order valence-electron chi connectivity index (χ4n) is 1.84. The number of aliphatic hydroxyl groups is 1. The Kier molecular flexibility index (Phi) is 6.71. The van der Waals surface area contributed by atoms with Crippen LogP contribution in [0.5, 0.6) is 5.75 Å². The van der Waals surface area contributed by atoms with Crippen LogP contribution < -0.4 is 4.74 Å². The van der Waals surface area contributed by atoms with Crippen LogP contribution in [0.15, 0.2) is 24.3 Å². The second-order valence-corrected chi connectivity index (χ2v) is 4.48. The summed E-state index contributed by atoms with van der Waals surface area (Å²) in [7, 11) is 0. The van der Waals surface area contributed by atoms with Crippen LogP contribution in [0.1, 0.15) is 57.6 Å². The Morgan fingerprint density at radius 3 is 2.53 bits per heavy atom. The van der Waals surface area contributed by atoms with Crippen molar-refractivity contribution in [1.29, 1.82) is 0 Å². The maximum atomic E-state index is 9.60. The monoisotopic (exact) mass is 236 g/mol. The summed E-state index contributed by atoms with van der Waals surface area (Å²) < 4.78 is 5.72. The highest BCUT2D eigenvalue weighted by atomic mass is 16.5. The van der Waals surface area contributed by atoms with Gasteiger partial charge < -0.3 is 9.84 Å². The molecular formula is C15H24O2.